The Morgan fingerprint density at radius 2 is 2.05 bits per heavy atom. The van der Waals surface area contributed by atoms with Crippen molar-refractivity contribution in [3.63, 3.8) is 0 Å². The molecule has 22 heavy (non-hydrogen) atoms. The van der Waals surface area contributed by atoms with Crippen LogP contribution >= 0.6 is 0 Å². The maximum absolute atomic E-state index is 12.0. The second kappa shape index (κ2) is 5.96. The fourth-order valence-electron chi connectivity index (χ4n) is 2.32. The van der Waals surface area contributed by atoms with Crippen molar-refractivity contribution in [3.8, 4) is 0 Å². The number of aryl methyl sites for hydroxylation is 1. The molecule has 1 aliphatic heterocycles. The molecular formula is C14H18N2O5S. The molecule has 8 heteroatoms. The van der Waals surface area contributed by atoms with E-state index < -0.39 is 28.0 Å². The second-order valence-electron chi connectivity index (χ2n) is 5.23. The lowest BCUT2D eigenvalue weighted by Gasteiger charge is -2.29. The zero-order valence-electron chi connectivity index (χ0n) is 12.4. The number of hydrogen-bond acceptors (Lipinski definition) is 5. The molecule has 7 nitrogen and oxygen atoms in total. The van der Waals surface area contributed by atoms with Gasteiger partial charge in [0.15, 0.2) is 6.10 Å². The first kappa shape index (κ1) is 16.3. The number of amides is 1. The Bertz CT molecular complexity index is 714. The number of rotatable bonds is 4. The summed E-state index contributed by atoms with van der Waals surface area (Å²) in [5.41, 5.74) is 6.65. The van der Waals surface area contributed by atoms with E-state index in [9.17, 15) is 18.0 Å². The van der Waals surface area contributed by atoms with Crippen molar-refractivity contribution < 1.29 is 22.7 Å². The van der Waals surface area contributed by atoms with Crippen LogP contribution in [-0.2, 0) is 26.0 Å². The highest BCUT2D eigenvalue weighted by molar-refractivity contribution is 7.92. The molecule has 1 atom stereocenters. The van der Waals surface area contributed by atoms with Gasteiger partial charge in [0, 0.05) is 6.54 Å². The van der Waals surface area contributed by atoms with Gasteiger partial charge in [-0.1, -0.05) is 0 Å². The van der Waals surface area contributed by atoms with Crippen LogP contribution < -0.4 is 10.0 Å². The molecule has 1 aliphatic rings. The third-order valence-electron chi connectivity index (χ3n) is 3.48. The predicted molar refractivity (Wildman–Crippen MR) is 81.0 cm³/mol. The molecule has 2 N–H and O–H groups in total. The summed E-state index contributed by atoms with van der Waals surface area (Å²) in [5.74, 6) is -1.39. The Kier molecular flexibility index (Phi) is 4.41. The van der Waals surface area contributed by atoms with Gasteiger partial charge >= 0.3 is 5.97 Å². The number of benzene rings is 1. The van der Waals surface area contributed by atoms with Crippen molar-refractivity contribution >= 4 is 27.6 Å². The van der Waals surface area contributed by atoms with Crippen LogP contribution in [-0.4, -0.2) is 39.2 Å². The molecule has 2 rings (SSSR count). The Balaban J connectivity index is 2.29. The summed E-state index contributed by atoms with van der Waals surface area (Å²) in [5, 5.41) is 0. The van der Waals surface area contributed by atoms with Crippen molar-refractivity contribution in [2.75, 3.05) is 17.1 Å². The first-order valence-corrected chi connectivity index (χ1v) is 8.66. The summed E-state index contributed by atoms with van der Waals surface area (Å²) in [7, 11) is -3.35. The lowest BCUT2D eigenvalue weighted by molar-refractivity contribution is -0.125. The number of ether oxygens (including phenoxy) is 1. The molecular weight excluding hydrogens is 308 g/mol. The maximum atomic E-state index is 12.0. The highest BCUT2D eigenvalue weighted by Gasteiger charge is 2.25. The fraction of sp³-hybridized carbons (Fsp3) is 0.429. The number of fused-ring (bicyclic) bond motifs is 1. The van der Waals surface area contributed by atoms with Gasteiger partial charge in [0.2, 0.25) is 10.0 Å². The van der Waals surface area contributed by atoms with Crippen LogP contribution in [0.1, 0.15) is 29.3 Å². The number of carbonyl (C=O) groups is 2. The van der Waals surface area contributed by atoms with Crippen LogP contribution in [0.15, 0.2) is 18.2 Å². The summed E-state index contributed by atoms with van der Waals surface area (Å²) in [6.07, 6.45) is 1.49. The third kappa shape index (κ3) is 3.38. The van der Waals surface area contributed by atoms with Gasteiger partial charge in [-0.2, -0.15) is 0 Å². The number of primary amides is 1. The van der Waals surface area contributed by atoms with Crippen molar-refractivity contribution in [2.24, 2.45) is 5.73 Å². The fourth-order valence-corrected chi connectivity index (χ4v) is 3.32. The van der Waals surface area contributed by atoms with E-state index in [1.165, 1.54) is 17.3 Å². The van der Waals surface area contributed by atoms with Crippen LogP contribution in [0.3, 0.4) is 0 Å². The molecule has 0 fully saturated rings. The second-order valence-corrected chi connectivity index (χ2v) is 7.14. The molecule has 120 valence electrons. The maximum Gasteiger partial charge on any atom is 0.338 e. The van der Waals surface area contributed by atoms with E-state index in [4.69, 9.17) is 10.5 Å². The van der Waals surface area contributed by atoms with Gasteiger partial charge in [0.05, 0.1) is 17.5 Å². The van der Waals surface area contributed by atoms with E-state index >= 15 is 0 Å². The van der Waals surface area contributed by atoms with Crippen molar-refractivity contribution in [1.82, 2.24) is 0 Å². The van der Waals surface area contributed by atoms with Gasteiger partial charge in [0.1, 0.15) is 0 Å². The Morgan fingerprint density at radius 3 is 2.64 bits per heavy atom. The first-order valence-electron chi connectivity index (χ1n) is 6.81. The molecule has 1 heterocycles. The van der Waals surface area contributed by atoms with Gasteiger partial charge in [-0.3, -0.25) is 9.10 Å². The Hall–Kier alpha value is -2.09. The van der Waals surface area contributed by atoms with Crippen LogP contribution in [0.4, 0.5) is 5.69 Å². The zero-order valence-corrected chi connectivity index (χ0v) is 13.2. The van der Waals surface area contributed by atoms with Crippen molar-refractivity contribution in [3.05, 3.63) is 29.3 Å². The zero-order chi connectivity index (χ0) is 16.5. The minimum atomic E-state index is -3.35. The monoisotopic (exact) mass is 326 g/mol. The van der Waals surface area contributed by atoms with E-state index in [0.29, 0.717) is 25.1 Å². The summed E-state index contributed by atoms with van der Waals surface area (Å²) in [4.78, 5) is 22.9. The number of nitrogens with two attached hydrogens (primary N) is 1. The van der Waals surface area contributed by atoms with Gasteiger partial charge in [-0.25, -0.2) is 13.2 Å². The first-order chi connectivity index (χ1) is 10.2. The number of carbonyl (C=O) groups excluding carboxylic acids is 2. The average molecular weight is 326 g/mol. The Labute approximate surface area is 129 Å². The quantitative estimate of drug-likeness (QED) is 0.807. The standard InChI is InChI=1S/C14H18N2O5S/c1-9(13(15)17)21-14(18)11-5-6-12-10(8-11)4-3-7-16(12)22(2,19)20/h5-6,8-9H,3-4,7H2,1-2H3,(H2,15,17)/t9-/m0/s1. The minimum Gasteiger partial charge on any atom is -0.449 e. The van der Waals surface area contributed by atoms with E-state index in [2.05, 4.69) is 0 Å². The SMILES string of the molecule is C[C@H](OC(=O)c1ccc2c(c1)CCCN2S(C)(=O)=O)C(N)=O. The molecule has 1 amide bonds. The topological polar surface area (TPSA) is 107 Å². The summed E-state index contributed by atoms with van der Waals surface area (Å²) in [6, 6.07) is 4.67. The number of hydrogen-bond donors (Lipinski definition) is 1. The van der Waals surface area contributed by atoms with E-state index in [1.54, 1.807) is 12.1 Å². The molecule has 1 aromatic carbocycles. The summed E-state index contributed by atoms with van der Waals surface area (Å²) >= 11 is 0. The predicted octanol–water partition coefficient (Wildman–Crippen LogP) is 0.429. The van der Waals surface area contributed by atoms with Crippen LogP contribution in [0.25, 0.3) is 0 Å². The number of nitrogens with zero attached hydrogens (tertiary/aromatic N) is 1. The van der Waals surface area contributed by atoms with Crippen LogP contribution in [0.5, 0.6) is 0 Å². The molecule has 0 bridgehead atoms. The summed E-state index contributed by atoms with van der Waals surface area (Å²) in [6.45, 7) is 1.82. The number of anilines is 1. The molecule has 0 aliphatic carbocycles. The van der Waals surface area contributed by atoms with Gasteiger partial charge in [-0.05, 0) is 43.5 Å². The minimum absolute atomic E-state index is 0.266. The number of sulfonamides is 1. The van der Waals surface area contributed by atoms with Gasteiger partial charge < -0.3 is 10.5 Å². The molecule has 0 unspecified atom stereocenters. The lowest BCUT2D eigenvalue weighted by Crippen LogP contribution is -2.34. The largest absolute Gasteiger partial charge is 0.449 e. The van der Waals surface area contributed by atoms with Crippen LogP contribution in [0, 0.1) is 0 Å². The van der Waals surface area contributed by atoms with Crippen LogP contribution in [0.2, 0.25) is 0 Å². The molecule has 0 radical (unpaired) electrons. The molecule has 0 aromatic heterocycles. The van der Waals surface area contributed by atoms with E-state index in [1.807, 2.05) is 0 Å². The molecule has 0 spiro atoms. The highest BCUT2D eigenvalue weighted by Crippen LogP contribution is 2.30. The van der Waals surface area contributed by atoms with Gasteiger partial charge in [0.25, 0.3) is 5.91 Å². The van der Waals surface area contributed by atoms with Crippen molar-refractivity contribution in [1.29, 1.82) is 0 Å². The molecule has 0 saturated carbocycles. The third-order valence-corrected chi connectivity index (χ3v) is 4.66. The van der Waals surface area contributed by atoms with Crippen molar-refractivity contribution in [2.45, 2.75) is 25.9 Å². The highest BCUT2D eigenvalue weighted by atomic mass is 32.2. The molecule has 1 aromatic rings. The smallest absolute Gasteiger partial charge is 0.338 e. The van der Waals surface area contributed by atoms with E-state index in [0.717, 1.165) is 11.8 Å². The number of esters is 1. The van der Waals surface area contributed by atoms with Gasteiger partial charge in [-0.15, -0.1) is 0 Å². The lowest BCUT2D eigenvalue weighted by atomic mass is 10.0. The average Bonchev–Trinajstić information content (AvgIpc) is 2.44. The van der Waals surface area contributed by atoms with E-state index in [-0.39, 0.29) is 5.56 Å². The Morgan fingerprint density at radius 1 is 1.36 bits per heavy atom. The normalized spacial score (nSPS) is 15.8. The molecule has 0 saturated heterocycles. The summed E-state index contributed by atoms with van der Waals surface area (Å²) < 4.78 is 29.8.